The van der Waals surface area contributed by atoms with Crippen LogP contribution in [0, 0.1) is 12.8 Å². The van der Waals surface area contributed by atoms with Crippen LogP contribution in [0.1, 0.15) is 40.6 Å². The van der Waals surface area contributed by atoms with Gasteiger partial charge in [-0.25, -0.2) is 0 Å². The first-order valence-corrected chi connectivity index (χ1v) is 8.04. The number of piperidine rings is 1. The molecule has 1 fully saturated rings. The second-order valence-corrected chi connectivity index (χ2v) is 6.34. The SMILES string of the molecule is Cc1ccoc1C(=O)NC[C@H]1CCC(=O)N(C)[C@@H]1c1cnn(C)c1. The third kappa shape index (κ3) is 3.06. The number of hydrogen-bond donors (Lipinski definition) is 1. The summed E-state index contributed by atoms with van der Waals surface area (Å²) in [4.78, 5) is 26.1. The van der Waals surface area contributed by atoms with Gasteiger partial charge in [0.2, 0.25) is 5.91 Å². The molecule has 24 heavy (non-hydrogen) atoms. The van der Waals surface area contributed by atoms with Crippen LogP contribution < -0.4 is 5.32 Å². The number of furan rings is 1. The summed E-state index contributed by atoms with van der Waals surface area (Å²) in [5.74, 6) is 0.375. The number of hydrogen-bond acceptors (Lipinski definition) is 4. The summed E-state index contributed by atoms with van der Waals surface area (Å²) in [7, 11) is 3.66. The predicted molar refractivity (Wildman–Crippen MR) is 87.2 cm³/mol. The van der Waals surface area contributed by atoms with Crippen LogP contribution >= 0.6 is 0 Å². The minimum absolute atomic E-state index is 0.0852. The molecule has 3 rings (SSSR count). The topological polar surface area (TPSA) is 80.4 Å². The normalized spacial score (nSPS) is 21.1. The van der Waals surface area contributed by atoms with Crippen LogP contribution in [0.25, 0.3) is 0 Å². The van der Waals surface area contributed by atoms with E-state index in [0.717, 1.165) is 17.5 Å². The monoisotopic (exact) mass is 330 g/mol. The quantitative estimate of drug-likeness (QED) is 0.924. The minimum Gasteiger partial charge on any atom is -0.459 e. The van der Waals surface area contributed by atoms with E-state index in [9.17, 15) is 9.59 Å². The van der Waals surface area contributed by atoms with Crippen LogP contribution in [-0.4, -0.2) is 40.1 Å². The molecule has 7 heteroatoms. The molecule has 0 unspecified atom stereocenters. The van der Waals surface area contributed by atoms with Gasteiger partial charge in [0, 0.05) is 50.3 Å². The summed E-state index contributed by atoms with van der Waals surface area (Å²) >= 11 is 0. The molecule has 2 aromatic heterocycles. The fourth-order valence-electron chi connectivity index (χ4n) is 3.33. The molecule has 0 bridgehead atoms. The van der Waals surface area contributed by atoms with Gasteiger partial charge in [0.1, 0.15) is 0 Å². The Hall–Kier alpha value is -2.57. The van der Waals surface area contributed by atoms with E-state index >= 15 is 0 Å². The van der Waals surface area contributed by atoms with Crippen LogP contribution in [0.2, 0.25) is 0 Å². The van der Waals surface area contributed by atoms with Crippen LogP contribution in [-0.2, 0) is 11.8 Å². The van der Waals surface area contributed by atoms with Crippen molar-refractivity contribution in [3.63, 3.8) is 0 Å². The average Bonchev–Trinajstić information content (AvgIpc) is 3.16. The smallest absolute Gasteiger partial charge is 0.287 e. The maximum Gasteiger partial charge on any atom is 0.287 e. The zero-order chi connectivity index (χ0) is 17.3. The van der Waals surface area contributed by atoms with Gasteiger partial charge in [-0.15, -0.1) is 0 Å². The summed E-state index contributed by atoms with van der Waals surface area (Å²) in [6.45, 7) is 2.32. The Labute approximate surface area is 140 Å². The Bertz CT molecular complexity index is 749. The molecule has 2 amide bonds. The van der Waals surface area contributed by atoms with E-state index in [1.165, 1.54) is 6.26 Å². The van der Waals surface area contributed by atoms with Crippen molar-refractivity contribution >= 4 is 11.8 Å². The number of likely N-dealkylation sites (tertiary alicyclic amines) is 1. The number of rotatable bonds is 4. The lowest BCUT2D eigenvalue weighted by molar-refractivity contribution is -0.137. The molecule has 0 aliphatic carbocycles. The lowest BCUT2D eigenvalue weighted by atomic mass is 9.85. The second-order valence-electron chi connectivity index (χ2n) is 6.34. The van der Waals surface area contributed by atoms with Gasteiger partial charge in [0.25, 0.3) is 5.91 Å². The number of nitrogens with zero attached hydrogens (tertiary/aromatic N) is 3. The highest BCUT2D eigenvalue weighted by atomic mass is 16.3. The molecule has 1 saturated heterocycles. The highest BCUT2D eigenvalue weighted by molar-refractivity contribution is 5.92. The van der Waals surface area contributed by atoms with Crippen molar-refractivity contribution < 1.29 is 14.0 Å². The molecule has 128 valence electrons. The first-order valence-electron chi connectivity index (χ1n) is 8.04. The van der Waals surface area contributed by atoms with Gasteiger partial charge in [-0.1, -0.05) is 0 Å². The van der Waals surface area contributed by atoms with Crippen molar-refractivity contribution in [3.8, 4) is 0 Å². The van der Waals surface area contributed by atoms with E-state index in [-0.39, 0.29) is 23.8 Å². The van der Waals surface area contributed by atoms with Crippen molar-refractivity contribution in [2.45, 2.75) is 25.8 Å². The number of carbonyl (C=O) groups is 2. The van der Waals surface area contributed by atoms with Gasteiger partial charge in [-0.2, -0.15) is 5.10 Å². The van der Waals surface area contributed by atoms with Gasteiger partial charge in [0.05, 0.1) is 18.5 Å². The van der Waals surface area contributed by atoms with Gasteiger partial charge >= 0.3 is 0 Å². The molecule has 7 nitrogen and oxygen atoms in total. The number of nitrogens with one attached hydrogen (secondary N) is 1. The second kappa shape index (κ2) is 6.51. The highest BCUT2D eigenvalue weighted by Crippen LogP contribution is 2.35. The van der Waals surface area contributed by atoms with E-state index < -0.39 is 0 Å². The number of aromatic nitrogens is 2. The maximum absolute atomic E-state index is 12.3. The molecule has 1 aliphatic heterocycles. The Balaban J connectivity index is 1.74. The predicted octanol–water partition coefficient (Wildman–Crippen LogP) is 1.66. The molecule has 0 aromatic carbocycles. The third-order valence-electron chi connectivity index (χ3n) is 4.65. The molecule has 1 aliphatic rings. The molecule has 2 atom stereocenters. The summed E-state index contributed by atoms with van der Waals surface area (Å²) < 4.78 is 6.96. The van der Waals surface area contributed by atoms with Gasteiger partial charge < -0.3 is 14.6 Å². The summed E-state index contributed by atoms with van der Waals surface area (Å²) in [6.07, 6.45) is 6.44. The first-order chi connectivity index (χ1) is 11.5. The van der Waals surface area contributed by atoms with Crippen molar-refractivity contribution in [1.29, 1.82) is 0 Å². The van der Waals surface area contributed by atoms with E-state index in [4.69, 9.17) is 4.42 Å². The van der Waals surface area contributed by atoms with Crippen LogP contribution in [0.15, 0.2) is 29.1 Å². The molecule has 0 radical (unpaired) electrons. The van der Waals surface area contributed by atoms with Crippen molar-refractivity contribution in [2.75, 3.05) is 13.6 Å². The number of aryl methyl sites for hydroxylation is 2. The molecule has 3 heterocycles. The number of carbonyl (C=O) groups excluding carboxylic acids is 2. The van der Waals surface area contributed by atoms with E-state index in [2.05, 4.69) is 10.4 Å². The maximum atomic E-state index is 12.3. The zero-order valence-electron chi connectivity index (χ0n) is 14.2. The summed E-state index contributed by atoms with van der Waals surface area (Å²) in [5.41, 5.74) is 1.80. The van der Waals surface area contributed by atoms with E-state index in [1.807, 2.05) is 27.2 Å². The number of amides is 2. The molecule has 1 N–H and O–H groups in total. The lowest BCUT2D eigenvalue weighted by Crippen LogP contribution is -2.44. The molecule has 0 saturated carbocycles. The zero-order valence-corrected chi connectivity index (χ0v) is 14.2. The Morgan fingerprint density at radius 1 is 1.46 bits per heavy atom. The van der Waals surface area contributed by atoms with Crippen molar-refractivity contribution in [3.05, 3.63) is 41.6 Å². The van der Waals surface area contributed by atoms with Gasteiger partial charge in [-0.3, -0.25) is 14.3 Å². The van der Waals surface area contributed by atoms with Crippen LogP contribution in [0.4, 0.5) is 0 Å². The average molecular weight is 330 g/mol. The Morgan fingerprint density at radius 3 is 2.88 bits per heavy atom. The van der Waals surface area contributed by atoms with Crippen LogP contribution in [0.3, 0.4) is 0 Å². The van der Waals surface area contributed by atoms with Crippen LogP contribution in [0.5, 0.6) is 0 Å². The fraction of sp³-hybridized carbons (Fsp3) is 0.471. The van der Waals surface area contributed by atoms with E-state index in [0.29, 0.717) is 18.7 Å². The first kappa shape index (κ1) is 16.3. The van der Waals surface area contributed by atoms with Crippen molar-refractivity contribution in [1.82, 2.24) is 20.0 Å². The molecular formula is C17H22N4O3. The fourth-order valence-corrected chi connectivity index (χ4v) is 3.33. The molecule has 2 aromatic rings. The standard InChI is InChI=1S/C17H22N4O3/c1-11-6-7-24-16(11)17(23)18-8-12-4-5-14(22)21(3)15(12)13-9-19-20(2)10-13/h6-7,9-10,12,15H,4-5,8H2,1-3H3,(H,18,23)/t12-,15+/m1/s1. The van der Waals surface area contributed by atoms with Crippen molar-refractivity contribution in [2.24, 2.45) is 13.0 Å². The Morgan fingerprint density at radius 2 is 2.25 bits per heavy atom. The molecular weight excluding hydrogens is 308 g/mol. The van der Waals surface area contributed by atoms with Gasteiger partial charge in [-0.05, 0) is 19.4 Å². The summed E-state index contributed by atoms with van der Waals surface area (Å²) in [6, 6.07) is 1.68. The lowest BCUT2D eigenvalue weighted by Gasteiger charge is -2.38. The third-order valence-corrected chi connectivity index (χ3v) is 4.65. The minimum atomic E-state index is -0.220. The van der Waals surface area contributed by atoms with Gasteiger partial charge in [0.15, 0.2) is 5.76 Å². The summed E-state index contributed by atoms with van der Waals surface area (Å²) in [5, 5.41) is 7.15. The van der Waals surface area contributed by atoms with E-state index in [1.54, 1.807) is 21.8 Å². The largest absolute Gasteiger partial charge is 0.459 e. The molecule has 0 spiro atoms. The highest BCUT2D eigenvalue weighted by Gasteiger charge is 2.35. The Kier molecular flexibility index (Phi) is 4.42.